The molecule has 1 amide bonds. The van der Waals surface area contributed by atoms with Gasteiger partial charge in [0.25, 0.3) is 5.91 Å². The predicted molar refractivity (Wildman–Crippen MR) is 97.0 cm³/mol. The number of hydrogen-bond acceptors (Lipinski definition) is 3. The summed E-state index contributed by atoms with van der Waals surface area (Å²) in [5.41, 5.74) is 2.81. The first-order valence-corrected chi connectivity index (χ1v) is 8.41. The topological polar surface area (TPSA) is 50.2 Å². The molecule has 2 aromatic rings. The van der Waals surface area contributed by atoms with Crippen molar-refractivity contribution in [3.05, 3.63) is 47.8 Å². The number of nitrogens with zero attached hydrogens (tertiary/aromatic N) is 3. The highest BCUT2D eigenvalue weighted by Gasteiger charge is 2.32. The third-order valence-corrected chi connectivity index (χ3v) is 4.90. The lowest BCUT2D eigenvalue weighted by Gasteiger charge is -2.23. The van der Waals surface area contributed by atoms with Gasteiger partial charge < -0.3 is 10.2 Å². The second-order valence-electron chi connectivity index (χ2n) is 6.54. The van der Waals surface area contributed by atoms with Crippen LogP contribution in [0.1, 0.15) is 41.9 Å². The first-order chi connectivity index (χ1) is 11.2. The Morgan fingerprint density at radius 2 is 2.12 bits per heavy atom. The number of piperidine rings is 1. The van der Waals surface area contributed by atoms with Gasteiger partial charge in [0.1, 0.15) is 0 Å². The van der Waals surface area contributed by atoms with Gasteiger partial charge in [-0.15, -0.1) is 12.4 Å². The summed E-state index contributed by atoms with van der Waals surface area (Å²) in [6, 6.07) is 10.5. The Balaban J connectivity index is 0.00000169. The van der Waals surface area contributed by atoms with E-state index in [1.165, 1.54) is 5.56 Å². The average Bonchev–Trinajstić information content (AvgIpc) is 3.19. The molecule has 6 heteroatoms. The Labute approximate surface area is 148 Å². The lowest BCUT2D eigenvalue weighted by atomic mass is 10.1. The number of benzene rings is 1. The van der Waals surface area contributed by atoms with E-state index in [9.17, 15) is 4.79 Å². The first-order valence-electron chi connectivity index (χ1n) is 8.41. The molecule has 2 atom stereocenters. The molecule has 3 heterocycles. The van der Waals surface area contributed by atoms with Gasteiger partial charge in [-0.05, 0) is 50.4 Å². The van der Waals surface area contributed by atoms with Crippen molar-refractivity contribution in [1.82, 2.24) is 15.1 Å². The molecule has 4 rings (SSSR count). The summed E-state index contributed by atoms with van der Waals surface area (Å²) >= 11 is 0. The van der Waals surface area contributed by atoms with Crippen molar-refractivity contribution < 1.29 is 4.79 Å². The zero-order chi connectivity index (χ0) is 15.8. The molecule has 2 unspecified atom stereocenters. The van der Waals surface area contributed by atoms with Crippen LogP contribution in [0.3, 0.4) is 0 Å². The molecular weight excluding hydrogens is 324 g/mol. The largest absolute Gasteiger partial charge is 0.315 e. The minimum Gasteiger partial charge on any atom is -0.315 e. The van der Waals surface area contributed by atoms with Crippen LogP contribution in [-0.2, 0) is 6.42 Å². The number of para-hydroxylation sites is 1. The number of carbonyl (C=O) groups is 1. The maximum absolute atomic E-state index is 13.0. The SMILES string of the molecule is CC1Cc2ccccc2N1C(=O)c1ccn(C2CCCNC2)n1.Cl. The minimum absolute atomic E-state index is 0. The van der Waals surface area contributed by atoms with Gasteiger partial charge in [0.15, 0.2) is 5.69 Å². The summed E-state index contributed by atoms with van der Waals surface area (Å²) < 4.78 is 1.95. The molecule has 2 aliphatic rings. The van der Waals surface area contributed by atoms with E-state index in [-0.39, 0.29) is 24.4 Å². The predicted octanol–water partition coefficient (Wildman–Crippen LogP) is 2.82. The highest BCUT2D eigenvalue weighted by Crippen LogP contribution is 2.32. The summed E-state index contributed by atoms with van der Waals surface area (Å²) in [6.07, 6.45) is 5.13. The average molecular weight is 347 g/mol. The molecule has 24 heavy (non-hydrogen) atoms. The lowest BCUT2D eigenvalue weighted by molar-refractivity contribution is 0.0975. The van der Waals surface area contributed by atoms with E-state index in [2.05, 4.69) is 23.4 Å². The monoisotopic (exact) mass is 346 g/mol. The molecule has 0 saturated carbocycles. The zero-order valence-corrected chi connectivity index (χ0v) is 14.6. The third-order valence-electron chi connectivity index (χ3n) is 4.90. The highest BCUT2D eigenvalue weighted by molar-refractivity contribution is 6.06. The number of aromatic nitrogens is 2. The van der Waals surface area contributed by atoms with Crippen molar-refractivity contribution in [1.29, 1.82) is 0 Å². The molecule has 0 bridgehead atoms. The maximum atomic E-state index is 13.0. The molecule has 0 aliphatic carbocycles. The number of fused-ring (bicyclic) bond motifs is 1. The molecular formula is C18H23ClN4O. The van der Waals surface area contributed by atoms with E-state index in [0.29, 0.717) is 11.7 Å². The molecule has 0 radical (unpaired) electrons. The van der Waals surface area contributed by atoms with E-state index < -0.39 is 0 Å². The van der Waals surface area contributed by atoms with E-state index in [1.807, 2.05) is 40.0 Å². The van der Waals surface area contributed by atoms with Gasteiger partial charge >= 0.3 is 0 Å². The van der Waals surface area contributed by atoms with Crippen LogP contribution < -0.4 is 10.2 Å². The van der Waals surface area contributed by atoms with Crippen LogP contribution >= 0.6 is 12.4 Å². The molecule has 1 aromatic heterocycles. The van der Waals surface area contributed by atoms with E-state index in [4.69, 9.17) is 0 Å². The number of nitrogens with one attached hydrogen (secondary N) is 1. The first kappa shape index (κ1) is 17.0. The van der Waals surface area contributed by atoms with Crippen LogP contribution in [-0.4, -0.2) is 34.8 Å². The van der Waals surface area contributed by atoms with Gasteiger partial charge in [-0.1, -0.05) is 18.2 Å². The van der Waals surface area contributed by atoms with E-state index >= 15 is 0 Å². The number of amides is 1. The van der Waals surface area contributed by atoms with E-state index in [1.54, 1.807) is 0 Å². The van der Waals surface area contributed by atoms with Crippen LogP contribution in [0.2, 0.25) is 0 Å². The van der Waals surface area contributed by atoms with Crippen molar-refractivity contribution in [3.8, 4) is 0 Å². The minimum atomic E-state index is 0. The Kier molecular flexibility index (Phi) is 4.92. The fraction of sp³-hybridized carbons (Fsp3) is 0.444. The molecule has 1 fully saturated rings. The second-order valence-corrected chi connectivity index (χ2v) is 6.54. The number of carbonyl (C=O) groups excluding carboxylic acids is 1. The second kappa shape index (κ2) is 6.95. The van der Waals surface area contributed by atoms with Gasteiger partial charge in [0, 0.05) is 24.5 Å². The Hall–Kier alpha value is -1.85. The number of rotatable bonds is 2. The molecule has 1 aromatic carbocycles. The molecule has 1 N–H and O–H groups in total. The molecule has 2 aliphatic heterocycles. The Bertz CT molecular complexity index is 723. The molecule has 0 spiro atoms. The van der Waals surface area contributed by atoms with Gasteiger partial charge in [-0.2, -0.15) is 5.10 Å². The van der Waals surface area contributed by atoms with Crippen LogP contribution in [0.25, 0.3) is 0 Å². The third kappa shape index (κ3) is 2.94. The van der Waals surface area contributed by atoms with Crippen molar-refractivity contribution in [2.75, 3.05) is 18.0 Å². The van der Waals surface area contributed by atoms with Crippen molar-refractivity contribution in [3.63, 3.8) is 0 Å². The summed E-state index contributed by atoms with van der Waals surface area (Å²) in [4.78, 5) is 14.8. The quantitative estimate of drug-likeness (QED) is 0.909. The zero-order valence-electron chi connectivity index (χ0n) is 13.8. The van der Waals surface area contributed by atoms with Crippen LogP contribution in [0.15, 0.2) is 36.5 Å². The normalized spacial score (nSPS) is 22.8. The van der Waals surface area contributed by atoms with Crippen LogP contribution in [0.4, 0.5) is 5.69 Å². The summed E-state index contributed by atoms with van der Waals surface area (Å²) in [7, 11) is 0. The lowest BCUT2D eigenvalue weighted by Crippen LogP contribution is -2.36. The number of anilines is 1. The van der Waals surface area contributed by atoms with Gasteiger partial charge in [-0.25, -0.2) is 0 Å². The fourth-order valence-electron chi connectivity index (χ4n) is 3.71. The Morgan fingerprint density at radius 3 is 2.92 bits per heavy atom. The van der Waals surface area contributed by atoms with E-state index in [0.717, 1.165) is 38.0 Å². The van der Waals surface area contributed by atoms with Gasteiger partial charge in [0.05, 0.1) is 6.04 Å². The number of hydrogen-bond donors (Lipinski definition) is 1. The fourth-order valence-corrected chi connectivity index (χ4v) is 3.71. The van der Waals surface area contributed by atoms with Crippen molar-refractivity contribution in [2.45, 2.75) is 38.3 Å². The summed E-state index contributed by atoms with van der Waals surface area (Å²) in [5.74, 6) is 0.00460. The van der Waals surface area contributed by atoms with Gasteiger partial charge in [-0.3, -0.25) is 9.48 Å². The molecule has 5 nitrogen and oxygen atoms in total. The molecule has 128 valence electrons. The summed E-state index contributed by atoms with van der Waals surface area (Å²) in [5, 5.41) is 7.96. The maximum Gasteiger partial charge on any atom is 0.279 e. The van der Waals surface area contributed by atoms with Crippen LogP contribution in [0, 0.1) is 0 Å². The van der Waals surface area contributed by atoms with Crippen molar-refractivity contribution in [2.24, 2.45) is 0 Å². The molecule has 1 saturated heterocycles. The van der Waals surface area contributed by atoms with Crippen LogP contribution in [0.5, 0.6) is 0 Å². The summed E-state index contributed by atoms with van der Waals surface area (Å²) in [6.45, 7) is 4.10. The number of halogens is 1. The Morgan fingerprint density at radius 1 is 1.29 bits per heavy atom. The smallest absolute Gasteiger partial charge is 0.279 e. The van der Waals surface area contributed by atoms with Gasteiger partial charge in [0.2, 0.25) is 0 Å². The standard InChI is InChI=1S/C18H22N4O.ClH/c1-13-11-14-5-2-3-7-17(14)22(13)18(23)16-8-10-21(20-16)15-6-4-9-19-12-15;/h2-3,5,7-8,10,13,15,19H,4,6,9,11-12H2,1H3;1H. The van der Waals surface area contributed by atoms with Crippen molar-refractivity contribution >= 4 is 24.0 Å². The highest BCUT2D eigenvalue weighted by atomic mass is 35.5.